The molecule has 0 saturated carbocycles. The molecule has 2 N–H and O–H groups in total. The highest BCUT2D eigenvalue weighted by molar-refractivity contribution is 6.30. The van der Waals surface area contributed by atoms with Crippen molar-refractivity contribution < 1.29 is 14.0 Å². The van der Waals surface area contributed by atoms with E-state index in [9.17, 15) is 14.0 Å². The average Bonchev–Trinajstić information content (AvgIpc) is 3.15. The molecule has 164 valence electrons. The van der Waals surface area contributed by atoms with Crippen molar-refractivity contribution >= 4 is 29.2 Å². The second kappa shape index (κ2) is 9.78. The zero-order valence-electron chi connectivity index (χ0n) is 17.2. The Kier molecular flexibility index (Phi) is 6.66. The third-order valence-corrected chi connectivity index (χ3v) is 5.62. The minimum absolute atomic E-state index is 0.0306. The van der Waals surface area contributed by atoms with Crippen LogP contribution in [0.15, 0.2) is 67.0 Å². The fourth-order valence-electron chi connectivity index (χ4n) is 3.74. The number of likely N-dealkylation sites (tertiary alicyclic amines) is 1. The maximum Gasteiger partial charge on any atom is 0.319 e. The number of aromatic nitrogens is 1. The monoisotopic (exact) mass is 452 g/mol. The van der Waals surface area contributed by atoms with Crippen molar-refractivity contribution in [2.45, 2.75) is 32.0 Å². The van der Waals surface area contributed by atoms with Gasteiger partial charge in [-0.3, -0.25) is 9.78 Å². The van der Waals surface area contributed by atoms with Gasteiger partial charge in [-0.15, -0.1) is 0 Å². The van der Waals surface area contributed by atoms with E-state index in [0.717, 1.165) is 17.3 Å². The predicted octanol–water partition coefficient (Wildman–Crippen LogP) is 5.06. The van der Waals surface area contributed by atoms with Gasteiger partial charge in [-0.1, -0.05) is 35.9 Å². The Morgan fingerprint density at radius 3 is 2.53 bits per heavy atom. The molecule has 1 fully saturated rings. The van der Waals surface area contributed by atoms with E-state index >= 15 is 0 Å². The molecule has 1 aromatic heterocycles. The number of nitrogens with zero attached hydrogens (tertiary/aromatic N) is 2. The fraction of sp³-hybridized carbons (Fsp3) is 0.208. The lowest BCUT2D eigenvalue weighted by atomic mass is 10.1. The van der Waals surface area contributed by atoms with Crippen molar-refractivity contribution in [3.63, 3.8) is 0 Å². The Morgan fingerprint density at radius 1 is 1.09 bits per heavy atom. The van der Waals surface area contributed by atoms with E-state index in [0.29, 0.717) is 42.2 Å². The van der Waals surface area contributed by atoms with Crippen LogP contribution in [0.3, 0.4) is 0 Å². The van der Waals surface area contributed by atoms with Gasteiger partial charge >= 0.3 is 6.03 Å². The number of urea groups is 1. The van der Waals surface area contributed by atoms with E-state index in [4.69, 9.17) is 11.6 Å². The lowest BCUT2D eigenvalue weighted by molar-refractivity contribution is -0.129. The number of hydrogen-bond acceptors (Lipinski definition) is 3. The van der Waals surface area contributed by atoms with E-state index in [-0.39, 0.29) is 18.0 Å². The SMILES string of the molecule is O=C(NCc1ccc(Cl)cc1)Nc1ccc(CN2C(=O)CC[C@@H]2c2cncc(F)c2)cc1. The first kappa shape index (κ1) is 21.8. The Balaban J connectivity index is 1.34. The number of nitrogens with one attached hydrogen (secondary N) is 2. The summed E-state index contributed by atoms with van der Waals surface area (Å²) in [6.07, 6.45) is 3.82. The van der Waals surface area contributed by atoms with Crippen molar-refractivity contribution in [1.82, 2.24) is 15.2 Å². The predicted molar refractivity (Wildman–Crippen MR) is 120 cm³/mol. The zero-order valence-corrected chi connectivity index (χ0v) is 18.0. The summed E-state index contributed by atoms with van der Waals surface area (Å²) in [6, 6.07) is 15.5. The Morgan fingerprint density at radius 2 is 1.81 bits per heavy atom. The van der Waals surface area contributed by atoms with Crippen LogP contribution in [0.4, 0.5) is 14.9 Å². The number of carbonyl (C=O) groups is 2. The first-order chi connectivity index (χ1) is 15.5. The lowest BCUT2D eigenvalue weighted by Crippen LogP contribution is -2.28. The van der Waals surface area contributed by atoms with Crippen LogP contribution in [0.5, 0.6) is 0 Å². The van der Waals surface area contributed by atoms with Gasteiger partial charge in [-0.2, -0.15) is 0 Å². The molecule has 1 aliphatic heterocycles. The lowest BCUT2D eigenvalue weighted by Gasteiger charge is -2.25. The zero-order chi connectivity index (χ0) is 22.5. The normalized spacial score (nSPS) is 15.6. The molecular formula is C24H22ClFN4O2. The molecule has 0 radical (unpaired) electrons. The molecule has 0 aliphatic carbocycles. The quantitative estimate of drug-likeness (QED) is 0.549. The number of amides is 3. The van der Waals surface area contributed by atoms with Crippen LogP contribution in [-0.4, -0.2) is 21.8 Å². The molecule has 3 amide bonds. The van der Waals surface area contributed by atoms with Gasteiger partial charge in [-0.25, -0.2) is 9.18 Å². The molecule has 0 bridgehead atoms. The molecule has 32 heavy (non-hydrogen) atoms. The Bertz CT molecular complexity index is 1110. The van der Waals surface area contributed by atoms with E-state index < -0.39 is 5.82 Å². The summed E-state index contributed by atoms with van der Waals surface area (Å²) in [5.41, 5.74) is 3.20. The number of carbonyl (C=O) groups excluding carboxylic acids is 2. The highest BCUT2D eigenvalue weighted by Crippen LogP contribution is 2.34. The maximum atomic E-state index is 13.6. The smallest absolute Gasteiger partial charge is 0.319 e. The van der Waals surface area contributed by atoms with E-state index in [1.807, 2.05) is 24.3 Å². The van der Waals surface area contributed by atoms with Crippen molar-refractivity contribution in [1.29, 1.82) is 0 Å². The van der Waals surface area contributed by atoms with Crippen LogP contribution in [0, 0.1) is 5.82 Å². The average molecular weight is 453 g/mol. The minimum Gasteiger partial charge on any atom is -0.334 e. The summed E-state index contributed by atoms with van der Waals surface area (Å²) in [6.45, 7) is 0.789. The molecule has 8 heteroatoms. The van der Waals surface area contributed by atoms with Crippen LogP contribution in [0.2, 0.25) is 5.02 Å². The van der Waals surface area contributed by atoms with Crippen LogP contribution in [-0.2, 0) is 17.9 Å². The first-order valence-electron chi connectivity index (χ1n) is 10.3. The summed E-state index contributed by atoms with van der Waals surface area (Å²) in [5.74, 6) is -0.380. The van der Waals surface area contributed by atoms with Gasteiger partial charge < -0.3 is 15.5 Å². The van der Waals surface area contributed by atoms with Gasteiger partial charge in [0.2, 0.25) is 5.91 Å². The molecule has 4 rings (SSSR count). The highest BCUT2D eigenvalue weighted by atomic mass is 35.5. The molecule has 6 nitrogen and oxygen atoms in total. The summed E-state index contributed by atoms with van der Waals surface area (Å²) < 4.78 is 13.6. The largest absolute Gasteiger partial charge is 0.334 e. The van der Waals surface area contributed by atoms with Crippen molar-refractivity contribution in [2.24, 2.45) is 0 Å². The van der Waals surface area contributed by atoms with Crippen LogP contribution >= 0.6 is 11.6 Å². The molecular weight excluding hydrogens is 431 g/mol. The standard InChI is InChI=1S/C24H22ClFN4O2/c25-19-5-1-16(2-6-19)12-28-24(32)29-21-7-3-17(4-8-21)15-30-22(9-10-23(30)31)18-11-20(26)14-27-13-18/h1-8,11,13-14,22H,9-10,12,15H2,(H2,28,29,32)/t22-/m1/s1. The number of hydrogen-bond donors (Lipinski definition) is 2. The molecule has 3 aromatic rings. The van der Waals surface area contributed by atoms with Gasteiger partial charge in [-0.05, 0) is 53.4 Å². The van der Waals surface area contributed by atoms with Gasteiger partial charge in [0.25, 0.3) is 0 Å². The molecule has 2 heterocycles. The van der Waals surface area contributed by atoms with Crippen LogP contribution in [0.1, 0.15) is 35.6 Å². The molecule has 0 unspecified atom stereocenters. The number of anilines is 1. The van der Waals surface area contributed by atoms with Crippen LogP contribution in [0.25, 0.3) is 0 Å². The van der Waals surface area contributed by atoms with E-state index in [1.165, 1.54) is 6.07 Å². The topological polar surface area (TPSA) is 74.3 Å². The highest BCUT2D eigenvalue weighted by Gasteiger charge is 2.32. The van der Waals surface area contributed by atoms with Crippen molar-refractivity contribution in [3.8, 4) is 0 Å². The van der Waals surface area contributed by atoms with Crippen molar-refractivity contribution in [2.75, 3.05) is 5.32 Å². The van der Waals surface area contributed by atoms with Gasteiger partial charge in [0.1, 0.15) is 5.82 Å². The molecule has 2 aromatic carbocycles. The van der Waals surface area contributed by atoms with Gasteiger partial charge in [0.05, 0.1) is 12.2 Å². The third kappa shape index (κ3) is 5.42. The second-order valence-corrected chi connectivity index (χ2v) is 8.08. The maximum absolute atomic E-state index is 13.6. The third-order valence-electron chi connectivity index (χ3n) is 5.37. The number of rotatable bonds is 6. The number of pyridine rings is 1. The molecule has 1 atom stereocenters. The first-order valence-corrected chi connectivity index (χ1v) is 10.6. The summed E-state index contributed by atoms with van der Waals surface area (Å²) in [7, 11) is 0. The molecule has 1 saturated heterocycles. The van der Waals surface area contributed by atoms with E-state index in [2.05, 4.69) is 15.6 Å². The summed E-state index contributed by atoms with van der Waals surface area (Å²) >= 11 is 5.86. The number of benzene rings is 2. The van der Waals surface area contributed by atoms with Gasteiger partial charge in [0, 0.05) is 36.4 Å². The van der Waals surface area contributed by atoms with Crippen molar-refractivity contribution in [3.05, 3.63) is 94.5 Å². The van der Waals surface area contributed by atoms with Gasteiger partial charge in [0.15, 0.2) is 0 Å². The van der Waals surface area contributed by atoms with Crippen LogP contribution < -0.4 is 10.6 Å². The summed E-state index contributed by atoms with van der Waals surface area (Å²) in [5, 5.41) is 6.23. The molecule has 0 spiro atoms. The molecule has 1 aliphatic rings. The Labute approximate surface area is 190 Å². The summed E-state index contributed by atoms with van der Waals surface area (Å²) in [4.78, 5) is 30.2. The fourth-order valence-corrected chi connectivity index (χ4v) is 3.87. The number of halogens is 2. The minimum atomic E-state index is -0.411. The Hall–Kier alpha value is -3.45. The van der Waals surface area contributed by atoms with E-state index in [1.54, 1.807) is 35.4 Å². The second-order valence-electron chi connectivity index (χ2n) is 7.64.